The minimum Gasteiger partial charge on any atom is -0.392 e. The average Bonchev–Trinajstić information content (AvgIpc) is 2.75. The molecule has 2 nitrogen and oxygen atoms in total. The lowest BCUT2D eigenvalue weighted by molar-refractivity contribution is 0.160. The number of allylic oxidation sites excluding steroid dienone is 2. The van der Waals surface area contributed by atoms with E-state index in [1.54, 1.807) is 0 Å². The maximum Gasteiger partial charge on any atom is 0.0684 e. The fraction of sp³-hybridized carbons (Fsp3) is 0.704. The van der Waals surface area contributed by atoms with E-state index in [1.165, 1.54) is 70.6 Å². The van der Waals surface area contributed by atoms with Gasteiger partial charge in [0.15, 0.2) is 0 Å². The van der Waals surface area contributed by atoms with Crippen LogP contribution in [-0.4, -0.2) is 20.7 Å². The molecule has 1 aromatic carbocycles. The molecule has 3 atom stereocenters. The van der Waals surface area contributed by atoms with Crippen molar-refractivity contribution in [3.8, 4) is 0 Å². The van der Waals surface area contributed by atoms with Crippen LogP contribution < -0.4 is 0 Å². The number of benzene rings is 1. The van der Waals surface area contributed by atoms with E-state index in [2.05, 4.69) is 19.1 Å². The molecule has 0 aliphatic heterocycles. The Hall–Kier alpha value is -0.930. The average molecular weight is 435 g/mol. The van der Waals surface area contributed by atoms with Gasteiger partial charge in [-0.2, -0.15) is 0 Å². The van der Waals surface area contributed by atoms with E-state index in [-0.39, 0.29) is 5.25 Å². The molecule has 0 aliphatic rings. The van der Waals surface area contributed by atoms with Crippen LogP contribution >= 0.6 is 0 Å². The van der Waals surface area contributed by atoms with E-state index in [9.17, 15) is 9.32 Å². The lowest BCUT2D eigenvalue weighted by atomic mass is 10.1. The molecule has 0 saturated carbocycles. The molecule has 1 unspecified atom stereocenters. The van der Waals surface area contributed by atoms with Gasteiger partial charge in [-0.3, -0.25) is 4.21 Å². The Morgan fingerprint density at radius 2 is 1.33 bits per heavy atom. The molecule has 1 rings (SSSR count). The van der Waals surface area contributed by atoms with Crippen LogP contribution in [0.5, 0.6) is 0 Å². The van der Waals surface area contributed by atoms with Gasteiger partial charge >= 0.3 is 0 Å². The monoisotopic (exact) mass is 434 g/mol. The summed E-state index contributed by atoms with van der Waals surface area (Å²) >= 11 is 0. The number of rotatable bonds is 18. The summed E-state index contributed by atoms with van der Waals surface area (Å²) < 4.78 is 12.6. The van der Waals surface area contributed by atoms with Crippen LogP contribution in [0.2, 0.25) is 0 Å². The molecule has 0 aliphatic carbocycles. The SMILES string of the molecule is CCCCCCCCC=CCCCCCCCC(O)[C@@H](C)[S@@](=O)c1ccc(C)cc1. The molecule has 172 valence electrons. The minimum absolute atomic E-state index is 0.218. The summed E-state index contributed by atoms with van der Waals surface area (Å²) in [6.07, 6.45) is 21.6. The molecule has 0 radical (unpaired) electrons. The Morgan fingerprint density at radius 3 is 1.90 bits per heavy atom. The molecule has 0 amide bonds. The van der Waals surface area contributed by atoms with Crippen molar-refractivity contribution < 1.29 is 9.32 Å². The van der Waals surface area contributed by atoms with E-state index in [1.807, 2.05) is 38.1 Å². The Kier molecular flexibility index (Phi) is 16.0. The van der Waals surface area contributed by atoms with Gasteiger partial charge in [0.2, 0.25) is 0 Å². The Bertz CT molecular complexity index is 579. The second kappa shape index (κ2) is 17.7. The largest absolute Gasteiger partial charge is 0.392 e. The molecular formula is C27H46O2S. The summed E-state index contributed by atoms with van der Waals surface area (Å²) in [5, 5.41) is 10.2. The number of unbranched alkanes of at least 4 members (excludes halogenated alkanes) is 11. The van der Waals surface area contributed by atoms with Gasteiger partial charge in [0.25, 0.3) is 0 Å². The first-order chi connectivity index (χ1) is 14.6. The van der Waals surface area contributed by atoms with Crippen molar-refractivity contribution >= 4 is 10.8 Å². The van der Waals surface area contributed by atoms with Crippen molar-refractivity contribution in [2.24, 2.45) is 0 Å². The molecule has 0 heterocycles. The van der Waals surface area contributed by atoms with Crippen LogP contribution in [0.15, 0.2) is 41.3 Å². The molecule has 0 aromatic heterocycles. The number of aryl methyl sites for hydroxylation is 1. The van der Waals surface area contributed by atoms with Crippen molar-refractivity contribution in [1.82, 2.24) is 0 Å². The maximum absolute atomic E-state index is 12.6. The highest BCUT2D eigenvalue weighted by atomic mass is 32.2. The van der Waals surface area contributed by atoms with Gasteiger partial charge in [-0.15, -0.1) is 0 Å². The third-order valence-electron chi connectivity index (χ3n) is 5.89. The van der Waals surface area contributed by atoms with Crippen molar-refractivity contribution in [2.45, 2.75) is 127 Å². The van der Waals surface area contributed by atoms with Crippen LogP contribution in [0.1, 0.15) is 109 Å². The number of hydrogen-bond acceptors (Lipinski definition) is 2. The fourth-order valence-electron chi connectivity index (χ4n) is 3.69. The van der Waals surface area contributed by atoms with Crippen molar-refractivity contribution in [3.63, 3.8) is 0 Å². The highest BCUT2D eigenvalue weighted by Crippen LogP contribution is 2.18. The summed E-state index contributed by atoms with van der Waals surface area (Å²) in [6.45, 7) is 6.19. The van der Waals surface area contributed by atoms with Gasteiger partial charge in [0, 0.05) is 4.90 Å². The van der Waals surface area contributed by atoms with Crippen LogP contribution in [0.3, 0.4) is 0 Å². The van der Waals surface area contributed by atoms with Crippen LogP contribution in [0.4, 0.5) is 0 Å². The van der Waals surface area contributed by atoms with E-state index in [4.69, 9.17) is 0 Å². The summed E-state index contributed by atoms with van der Waals surface area (Å²) in [5.41, 5.74) is 1.16. The first-order valence-electron chi connectivity index (χ1n) is 12.4. The Morgan fingerprint density at radius 1 is 0.833 bits per heavy atom. The first-order valence-corrected chi connectivity index (χ1v) is 13.6. The van der Waals surface area contributed by atoms with Crippen LogP contribution in [0.25, 0.3) is 0 Å². The smallest absolute Gasteiger partial charge is 0.0684 e. The molecular weight excluding hydrogens is 388 g/mol. The third-order valence-corrected chi connectivity index (χ3v) is 7.62. The molecule has 0 spiro atoms. The lowest BCUT2D eigenvalue weighted by Gasteiger charge is -2.18. The quantitative estimate of drug-likeness (QED) is 0.188. The summed E-state index contributed by atoms with van der Waals surface area (Å²) in [5.74, 6) is 0. The molecule has 0 saturated heterocycles. The highest BCUT2D eigenvalue weighted by molar-refractivity contribution is 7.85. The summed E-state index contributed by atoms with van der Waals surface area (Å²) in [7, 11) is -1.14. The van der Waals surface area contributed by atoms with Crippen molar-refractivity contribution in [2.75, 3.05) is 0 Å². The van der Waals surface area contributed by atoms with Crippen LogP contribution in [0, 0.1) is 6.92 Å². The number of aliphatic hydroxyl groups is 1. The number of hydrogen-bond donors (Lipinski definition) is 1. The van der Waals surface area contributed by atoms with Gasteiger partial charge in [0.05, 0.1) is 22.2 Å². The zero-order chi connectivity index (χ0) is 22.0. The second-order valence-electron chi connectivity index (χ2n) is 8.76. The summed E-state index contributed by atoms with van der Waals surface area (Å²) in [6, 6.07) is 7.79. The number of aliphatic hydroxyl groups excluding tert-OH is 1. The molecule has 30 heavy (non-hydrogen) atoms. The predicted molar refractivity (Wildman–Crippen MR) is 133 cm³/mol. The Balaban J connectivity index is 1.99. The van der Waals surface area contributed by atoms with Gasteiger partial charge in [-0.05, 0) is 58.1 Å². The predicted octanol–water partition coefficient (Wildman–Crippen LogP) is 7.89. The molecule has 0 bridgehead atoms. The van der Waals surface area contributed by atoms with E-state index in [0.717, 1.165) is 29.7 Å². The molecule has 3 heteroatoms. The van der Waals surface area contributed by atoms with Crippen molar-refractivity contribution in [1.29, 1.82) is 0 Å². The topological polar surface area (TPSA) is 37.3 Å². The van der Waals surface area contributed by atoms with Gasteiger partial charge in [-0.1, -0.05) is 94.6 Å². The van der Waals surface area contributed by atoms with Gasteiger partial charge in [0.1, 0.15) is 0 Å². The zero-order valence-electron chi connectivity index (χ0n) is 19.8. The van der Waals surface area contributed by atoms with E-state index < -0.39 is 16.9 Å². The molecule has 1 aromatic rings. The lowest BCUT2D eigenvalue weighted by Crippen LogP contribution is -2.27. The molecule has 0 fully saturated rings. The minimum atomic E-state index is -1.14. The maximum atomic E-state index is 12.6. The second-order valence-corrected chi connectivity index (χ2v) is 10.6. The van der Waals surface area contributed by atoms with Crippen LogP contribution in [-0.2, 0) is 10.8 Å². The standard InChI is InChI=1S/C27H46O2S/c1-4-5-6-7-8-9-10-11-12-13-14-15-16-17-18-19-27(28)25(3)30(29)26-22-20-24(2)21-23-26/h11-12,20-23,25,27-28H,4-10,13-19H2,1-3H3/t25-,27?,30-/m1/s1. The normalized spacial score (nSPS) is 14.8. The molecule has 1 N–H and O–H groups in total. The van der Waals surface area contributed by atoms with Gasteiger partial charge < -0.3 is 5.11 Å². The van der Waals surface area contributed by atoms with E-state index in [0.29, 0.717) is 0 Å². The Labute approximate surface area is 189 Å². The first kappa shape index (κ1) is 27.1. The highest BCUT2D eigenvalue weighted by Gasteiger charge is 2.21. The zero-order valence-corrected chi connectivity index (χ0v) is 20.6. The summed E-state index contributed by atoms with van der Waals surface area (Å²) in [4.78, 5) is 0.816. The van der Waals surface area contributed by atoms with E-state index >= 15 is 0 Å². The van der Waals surface area contributed by atoms with Crippen molar-refractivity contribution in [3.05, 3.63) is 42.0 Å². The van der Waals surface area contributed by atoms with Gasteiger partial charge in [-0.25, -0.2) is 0 Å². The fourth-order valence-corrected chi connectivity index (χ4v) is 4.94. The third kappa shape index (κ3) is 12.7.